The smallest absolute Gasteiger partial charge is 0.174 e. The van der Waals surface area contributed by atoms with Gasteiger partial charge >= 0.3 is 0 Å². The van der Waals surface area contributed by atoms with Gasteiger partial charge in [-0.2, -0.15) is 0 Å². The van der Waals surface area contributed by atoms with Crippen LogP contribution in [-0.2, 0) is 4.84 Å². The zero-order valence-corrected chi connectivity index (χ0v) is 12.9. The van der Waals surface area contributed by atoms with Gasteiger partial charge in [0.15, 0.2) is 12.4 Å². The van der Waals surface area contributed by atoms with Gasteiger partial charge in [0.05, 0.1) is 17.7 Å². The van der Waals surface area contributed by atoms with Gasteiger partial charge in [0.25, 0.3) is 0 Å². The number of ether oxygens (including phenoxy) is 2. The van der Waals surface area contributed by atoms with Crippen molar-refractivity contribution in [2.24, 2.45) is 10.9 Å². The van der Waals surface area contributed by atoms with Crippen LogP contribution in [0, 0.1) is 0 Å². The summed E-state index contributed by atoms with van der Waals surface area (Å²) in [5.74, 6) is 1.49. The van der Waals surface area contributed by atoms with Crippen LogP contribution in [0.4, 0.5) is 0 Å². The Morgan fingerprint density at radius 3 is 2.45 bits per heavy atom. The van der Waals surface area contributed by atoms with Crippen LogP contribution in [0.2, 0.25) is 5.02 Å². The summed E-state index contributed by atoms with van der Waals surface area (Å²) in [5, 5.41) is 4.41. The molecule has 2 rings (SSSR count). The monoisotopic (exact) mass is 320 g/mol. The minimum atomic E-state index is 0.246. The summed E-state index contributed by atoms with van der Waals surface area (Å²) >= 11 is 5.97. The molecule has 116 valence electrons. The van der Waals surface area contributed by atoms with E-state index in [0.717, 1.165) is 0 Å². The number of methoxy groups -OCH3 is 1. The molecule has 0 aliphatic heterocycles. The van der Waals surface area contributed by atoms with Crippen LogP contribution in [0.5, 0.6) is 11.5 Å². The molecule has 0 saturated heterocycles. The third-order valence-electron chi connectivity index (χ3n) is 2.81. The molecule has 0 bridgehead atoms. The number of amidine groups is 1. The van der Waals surface area contributed by atoms with Crippen molar-refractivity contribution in [3.05, 3.63) is 59.1 Å². The number of nitrogens with two attached hydrogens (primary N) is 1. The van der Waals surface area contributed by atoms with Gasteiger partial charge in [0, 0.05) is 0 Å². The van der Waals surface area contributed by atoms with Gasteiger partial charge in [-0.15, -0.1) is 0 Å². The molecule has 0 heterocycles. The lowest BCUT2D eigenvalue weighted by atomic mass is 10.2. The summed E-state index contributed by atoms with van der Waals surface area (Å²) in [7, 11) is 1.57. The Morgan fingerprint density at radius 2 is 1.73 bits per heavy atom. The van der Waals surface area contributed by atoms with E-state index < -0.39 is 0 Å². The lowest BCUT2D eigenvalue weighted by Gasteiger charge is -2.08. The first-order valence-electron chi connectivity index (χ1n) is 6.68. The van der Waals surface area contributed by atoms with E-state index in [2.05, 4.69) is 5.16 Å². The van der Waals surface area contributed by atoms with Crippen molar-refractivity contribution >= 4 is 17.4 Å². The predicted molar refractivity (Wildman–Crippen MR) is 86.6 cm³/mol. The molecule has 22 heavy (non-hydrogen) atoms. The van der Waals surface area contributed by atoms with Crippen molar-refractivity contribution in [1.82, 2.24) is 0 Å². The van der Waals surface area contributed by atoms with Crippen molar-refractivity contribution in [3.63, 3.8) is 0 Å². The number of rotatable bonds is 7. The first kappa shape index (κ1) is 16.0. The number of nitrogens with zero attached hydrogens (tertiary/aromatic N) is 1. The van der Waals surface area contributed by atoms with Crippen LogP contribution in [0.3, 0.4) is 0 Å². The standard InChI is InChI=1S/C16H17ClN2O3/c1-20-14-8-4-2-6-12(14)16(18)19-22-11-10-21-15-9-5-3-7-13(15)17/h2-9H,10-11H2,1H3,(H2,18,19). The van der Waals surface area contributed by atoms with Gasteiger partial charge in [-0.25, -0.2) is 0 Å². The van der Waals surface area contributed by atoms with Gasteiger partial charge in [0.2, 0.25) is 0 Å². The Hall–Kier alpha value is -2.40. The molecule has 2 N–H and O–H groups in total. The molecule has 0 spiro atoms. The molecular weight excluding hydrogens is 304 g/mol. The topological polar surface area (TPSA) is 66.1 Å². The molecule has 0 atom stereocenters. The molecule has 0 aromatic heterocycles. The highest BCUT2D eigenvalue weighted by atomic mass is 35.5. The molecule has 0 fully saturated rings. The zero-order valence-electron chi connectivity index (χ0n) is 12.2. The first-order chi connectivity index (χ1) is 10.7. The highest BCUT2D eigenvalue weighted by Crippen LogP contribution is 2.22. The summed E-state index contributed by atoms with van der Waals surface area (Å²) in [5.41, 5.74) is 6.55. The van der Waals surface area contributed by atoms with E-state index in [1.807, 2.05) is 24.3 Å². The molecule has 0 aliphatic carbocycles. The third-order valence-corrected chi connectivity index (χ3v) is 3.13. The van der Waals surface area contributed by atoms with E-state index in [-0.39, 0.29) is 12.4 Å². The average molecular weight is 321 g/mol. The number of oxime groups is 1. The van der Waals surface area contributed by atoms with Crippen LogP contribution in [0.15, 0.2) is 53.7 Å². The normalized spacial score (nSPS) is 11.1. The third kappa shape index (κ3) is 4.30. The van der Waals surface area contributed by atoms with Crippen molar-refractivity contribution in [3.8, 4) is 11.5 Å². The Bertz CT molecular complexity index is 647. The highest BCUT2D eigenvalue weighted by molar-refractivity contribution is 6.32. The Balaban J connectivity index is 1.83. The minimum absolute atomic E-state index is 0.246. The number of hydrogen-bond acceptors (Lipinski definition) is 4. The van der Waals surface area contributed by atoms with Crippen molar-refractivity contribution in [2.75, 3.05) is 20.3 Å². The molecule has 2 aromatic rings. The second kappa shape index (κ2) is 8.14. The van der Waals surface area contributed by atoms with E-state index in [1.54, 1.807) is 31.4 Å². The van der Waals surface area contributed by atoms with Crippen LogP contribution >= 0.6 is 11.6 Å². The SMILES string of the molecule is COc1ccccc1C(N)=NOCCOc1ccccc1Cl. The molecule has 0 unspecified atom stereocenters. The highest BCUT2D eigenvalue weighted by Gasteiger charge is 2.06. The van der Waals surface area contributed by atoms with Gasteiger partial charge in [0.1, 0.15) is 18.1 Å². The van der Waals surface area contributed by atoms with Crippen molar-refractivity contribution < 1.29 is 14.3 Å². The second-order valence-corrected chi connectivity index (χ2v) is 4.70. The second-order valence-electron chi connectivity index (χ2n) is 4.29. The van der Waals surface area contributed by atoms with Gasteiger partial charge in [-0.05, 0) is 24.3 Å². The average Bonchev–Trinajstić information content (AvgIpc) is 2.56. The maximum absolute atomic E-state index is 5.97. The molecule has 6 heteroatoms. The zero-order chi connectivity index (χ0) is 15.8. The van der Waals surface area contributed by atoms with Crippen LogP contribution in [0.25, 0.3) is 0 Å². The molecule has 0 saturated carbocycles. The molecule has 0 radical (unpaired) electrons. The van der Waals surface area contributed by atoms with Gasteiger partial charge < -0.3 is 20.0 Å². The van der Waals surface area contributed by atoms with Crippen LogP contribution < -0.4 is 15.2 Å². The molecule has 0 aliphatic rings. The molecule has 5 nitrogen and oxygen atoms in total. The van der Waals surface area contributed by atoms with Crippen molar-refractivity contribution in [2.45, 2.75) is 0 Å². The summed E-state index contributed by atoms with van der Waals surface area (Å²) in [4.78, 5) is 5.15. The predicted octanol–water partition coefficient (Wildman–Crippen LogP) is 3.06. The Kier molecular flexibility index (Phi) is 5.91. The van der Waals surface area contributed by atoms with E-state index in [1.165, 1.54) is 0 Å². The quantitative estimate of drug-likeness (QED) is 0.368. The minimum Gasteiger partial charge on any atom is -0.496 e. The molecular formula is C16H17ClN2O3. The fourth-order valence-electron chi connectivity index (χ4n) is 1.77. The number of benzene rings is 2. The summed E-state index contributed by atoms with van der Waals surface area (Å²) < 4.78 is 10.7. The first-order valence-corrected chi connectivity index (χ1v) is 7.06. The van der Waals surface area contributed by atoms with Crippen molar-refractivity contribution in [1.29, 1.82) is 0 Å². The Labute approximate surface area is 134 Å². The molecule has 2 aromatic carbocycles. The maximum Gasteiger partial charge on any atom is 0.174 e. The lowest BCUT2D eigenvalue weighted by molar-refractivity contribution is 0.107. The van der Waals surface area contributed by atoms with Gasteiger partial charge in [-0.3, -0.25) is 0 Å². The summed E-state index contributed by atoms with van der Waals surface area (Å²) in [6, 6.07) is 14.5. The van der Waals surface area contributed by atoms with Crippen LogP contribution in [0.1, 0.15) is 5.56 Å². The fourth-order valence-corrected chi connectivity index (χ4v) is 1.96. The number of halogens is 1. The van der Waals surface area contributed by atoms with Crippen LogP contribution in [-0.4, -0.2) is 26.2 Å². The van der Waals surface area contributed by atoms with E-state index in [0.29, 0.717) is 28.7 Å². The van der Waals surface area contributed by atoms with Gasteiger partial charge in [-0.1, -0.05) is 41.0 Å². The largest absolute Gasteiger partial charge is 0.496 e. The Morgan fingerprint density at radius 1 is 1.05 bits per heavy atom. The number of hydrogen-bond donors (Lipinski definition) is 1. The fraction of sp³-hybridized carbons (Fsp3) is 0.188. The van der Waals surface area contributed by atoms with E-state index >= 15 is 0 Å². The van der Waals surface area contributed by atoms with E-state index in [9.17, 15) is 0 Å². The maximum atomic E-state index is 5.97. The summed E-state index contributed by atoms with van der Waals surface area (Å²) in [6.45, 7) is 0.563. The van der Waals surface area contributed by atoms with E-state index in [4.69, 9.17) is 31.6 Å². The molecule has 0 amide bonds. The lowest BCUT2D eigenvalue weighted by Crippen LogP contribution is -2.16. The summed E-state index contributed by atoms with van der Waals surface area (Å²) in [6.07, 6.45) is 0. The number of para-hydroxylation sites is 2.